The van der Waals surface area contributed by atoms with Crippen molar-refractivity contribution in [3.63, 3.8) is 0 Å². The normalized spacial score (nSPS) is 28.0. The Morgan fingerprint density at radius 3 is 1.42 bits per heavy atom. The van der Waals surface area contributed by atoms with Crippen molar-refractivity contribution in [2.75, 3.05) is 44.7 Å². The number of carbonyl (C=O) groups excluding carboxylic acids is 5. The van der Waals surface area contributed by atoms with Gasteiger partial charge in [-0.2, -0.15) is 0 Å². The van der Waals surface area contributed by atoms with Gasteiger partial charge in [0.2, 0.25) is 0 Å². The number of aliphatic carboxylic acids is 3. The maximum absolute atomic E-state index is 13.8. The van der Waals surface area contributed by atoms with Gasteiger partial charge in [0.05, 0.1) is 18.8 Å². The number of rotatable bonds is 35. The molecule has 20 atom stereocenters. The summed E-state index contributed by atoms with van der Waals surface area (Å²) < 4.78 is 65.6. The smallest absolute Gasteiger partial charge is 0.407 e. The Hall–Kier alpha value is -7.80. The van der Waals surface area contributed by atoms with Gasteiger partial charge in [-0.15, -0.1) is 20.3 Å². The van der Waals surface area contributed by atoms with Crippen LogP contribution in [0.3, 0.4) is 0 Å². The van der Waals surface area contributed by atoms with E-state index in [-0.39, 0.29) is 91.5 Å². The monoisotopic (exact) mass is 1530 g/mol. The molecule has 4 aliphatic heterocycles. The zero-order valence-electron chi connectivity index (χ0n) is 57.3. The van der Waals surface area contributed by atoms with Gasteiger partial charge in [0, 0.05) is 45.3 Å². The van der Waals surface area contributed by atoms with Gasteiger partial charge < -0.3 is 125 Å². The van der Waals surface area contributed by atoms with Crippen molar-refractivity contribution < 1.29 is 136 Å². The van der Waals surface area contributed by atoms with Crippen LogP contribution in [0.25, 0.3) is 0 Å². The minimum Gasteiger partial charge on any atom is -0.481 e. The molecule has 5 aliphatic rings. The number of hydrogen-bond donors (Lipinski definition) is 14. The number of halogens is 1. The van der Waals surface area contributed by atoms with Crippen molar-refractivity contribution in [2.24, 2.45) is 17.6 Å². The van der Waals surface area contributed by atoms with E-state index in [0.717, 1.165) is 11.1 Å². The number of amides is 4. The van der Waals surface area contributed by atoms with Crippen LogP contribution in [0.2, 0.25) is 0 Å². The molecule has 4 amide bonds. The molecule has 0 unspecified atom stereocenters. The number of benzene rings is 4. The van der Waals surface area contributed by atoms with Crippen molar-refractivity contribution in [2.45, 2.75) is 190 Å². The Labute approximate surface area is 619 Å². The SMILES string of the molecule is C.C[C@H]1C[C@@H](CC(=O)[C@@H](O)CCNC(=O)OCc2ccccc2)[C@H](O)[C@@H](O[C@@H]2O[C@H](CO)[C@@H](O[C@H]3O[C@@H](CNC(=O)OCc4ccccc4)[C@@H](O)[C@H](O)[C@H]3NC(=O)OCc3ccccc3)[C@H]2O)[C@@H]1O[C@H]1O[C@H](CN)[C@@H]2O[C@@H]2[C@H]1NC(=O)OCc1ccccc1.Cl.O=C(O)CCP(CCC(=O)O)CCC(=O)O. The summed E-state index contributed by atoms with van der Waals surface area (Å²) >= 11 is 0. The van der Waals surface area contributed by atoms with Crippen molar-refractivity contribution >= 4 is 68.4 Å². The first-order valence-corrected chi connectivity index (χ1v) is 35.9. The summed E-state index contributed by atoms with van der Waals surface area (Å²) in [5, 5.41) is 105. The number of carbonyl (C=O) groups is 8. The zero-order valence-corrected chi connectivity index (χ0v) is 59.0. The van der Waals surface area contributed by atoms with Crippen molar-refractivity contribution in [3.05, 3.63) is 144 Å². The van der Waals surface area contributed by atoms with E-state index in [2.05, 4.69) is 21.3 Å². The number of nitrogens with one attached hydrogen (secondary N) is 4. The average molecular weight is 1530 g/mol. The average Bonchev–Trinajstić information content (AvgIpc) is 1.58. The third kappa shape index (κ3) is 26.8. The second kappa shape index (κ2) is 43.9. The van der Waals surface area contributed by atoms with E-state index in [1.807, 2.05) is 12.1 Å². The molecule has 4 aromatic rings. The Kier molecular flexibility index (Phi) is 36.1. The molecular weight excluding hydrogens is 1440 g/mol. The van der Waals surface area contributed by atoms with Crippen LogP contribution in [0, 0.1) is 11.8 Å². The van der Waals surface area contributed by atoms with Gasteiger partial charge in [-0.25, -0.2) is 19.2 Å². The fourth-order valence-corrected chi connectivity index (χ4v) is 14.4. The van der Waals surface area contributed by atoms with Gasteiger partial charge in [-0.3, -0.25) is 19.2 Å². The molecule has 9 rings (SSSR count). The lowest BCUT2D eigenvalue weighted by molar-refractivity contribution is -0.297. The van der Waals surface area contributed by atoms with E-state index >= 15 is 0 Å². The highest BCUT2D eigenvalue weighted by Gasteiger charge is 2.61. The highest BCUT2D eigenvalue weighted by atomic mass is 35.5. The molecule has 0 spiro atoms. The number of alkyl carbamates (subject to hydrolysis) is 4. The lowest BCUT2D eigenvalue weighted by Crippen LogP contribution is -2.66. The number of carboxylic acid groups (broad SMARTS) is 3. The van der Waals surface area contributed by atoms with E-state index in [4.69, 9.17) is 73.2 Å². The lowest BCUT2D eigenvalue weighted by atomic mass is 9.74. The minimum absolute atomic E-state index is 0. The fourth-order valence-electron chi connectivity index (χ4n) is 12.2. The minimum atomic E-state index is -1.90. The second-order valence-corrected chi connectivity index (χ2v) is 28.2. The summed E-state index contributed by atoms with van der Waals surface area (Å²) in [4.78, 5) is 97.0. The number of aliphatic hydroxyl groups is 6. The van der Waals surface area contributed by atoms with Gasteiger partial charge in [-0.1, -0.05) is 136 Å². The summed E-state index contributed by atoms with van der Waals surface area (Å²) in [5.74, 6) is -5.08. The van der Waals surface area contributed by atoms with Gasteiger partial charge in [0.15, 0.2) is 24.7 Å². The van der Waals surface area contributed by atoms with E-state index < -0.39 is 198 Å². The predicted octanol–water partition coefficient (Wildman–Crippen LogP) is 3.24. The largest absolute Gasteiger partial charge is 0.481 e. The maximum atomic E-state index is 13.8. The van der Waals surface area contributed by atoms with Crippen LogP contribution < -0.4 is 27.0 Å². The van der Waals surface area contributed by atoms with Gasteiger partial charge >= 0.3 is 42.3 Å². The summed E-state index contributed by atoms with van der Waals surface area (Å²) in [6.45, 7) is -0.0883. The number of nitrogens with two attached hydrogens (primary N) is 1. The first-order valence-electron chi connectivity index (χ1n) is 34.0. The molecular formula is C71H97ClN5O28P. The van der Waals surface area contributed by atoms with Gasteiger partial charge in [0.1, 0.15) is 106 Å². The number of ketones is 1. The summed E-state index contributed by atoms with van der Waals surface area (Å²) in [6, 6.07) is 32.7. The van der Waals surface area contributed by atoms with Crippen molar-refractivity contribution in [3.8, 4) is 0 Å². The molecule has 0 radical (unpaired) electrons. The van der Waals surface area contributed by atoms with Crippen LogP contribution in [0.4, 0.5) is 19.2 Å². The van der Waals surface area contributed by atoms with E-state index in [1.54, 1.807) is 116 Å². The molecule has 106 heavy (non-hydrogen) atoms. The molecule has 0 bridgehead atoms. The topological polar surface area (TPSA) is 498 Å². The molecule has 4 saturated heterocycles. The maximum Gasteiger partial charge on any atom is 0.407 e. The second-order valence-electron chi connectivity index (χ2n) is 25.5. The highest BCUT2D eigenvalue weighted by molar-refractivity contribution is 7.57. The molecule has 5 fully saturated rings. The first-order chi connectivity index (χ1) is 50.0. The zero-order chi connectivity index (χ0) is 74.8. The summed E-state index contributed by atoms with van der Waals surface area (Å²) in [6.07, 6.45) is -25.9. The first kappa shape index (κ1) is 87.1. The number of epoxide rings is 1. The van der Waals surface area contributed by atoms with Crippen LogP contribution in [0.5, 0.6) is 0 Å². The van der Waals surface area contributed by atoms with Crippen LogP contribution >= 0.6 is 20.3 Å². The summed E-state index contributed by atoms with van der Waals surface area (Å²) in [7, 11) is -0.801. The number of ether oxygens (including phenoxy) is 11. The molecule has 0 aromatic heterocycles. The van der Waals surface area contributed by atoms with Crippen molar-refractivity contribution in [1.29, 1.82) is 0 Å². The molecule has 1 aliphatic carbocycles. The standard InChI is InChI=1S/C61H77N5O22.C9H15O6P.CH4.ClH/c1-33-24-38(25-40(69)39(68)22-23-63-58(74)78-29-34-14-6-2-7-15-34)46(70)54(50(33)86-56-45(53-52(85-53)41(26-62)82-56)66-61(77)81-32-37-20-12-5-13-21-37)88-57-49(73)51(43(28-67)84-57)87-55-44(65-60(76)80-31-36-18-10-4-11-19-36)48(72)47(71)42(83-55)27-64-59(75)79-30-35-16-8-3-9-17-35;10-7(11)1-4-16(5-2-8(12)13)6-3-9(14)15;;/h2-21,33,38-39,41-57,67-68,70-73H,22-32,62H2,1H3,(H,63,74)(H,64,75)(H,65,76)(H,66,77);1-6H2,(H,10,11)(H,12,13)(H,14,15);1H4;1H/t33-,38-,39-,41+,42-,43+,44+,45+,46-,47+,48+,49+,50+,51+,52-,53+,54+,55+,56+,57-;;;/m0.../s1. The Bertz CT molecular complexity index is 3330. The third-order valence-corrected chi connectivity index (χ3v) is 20.4. The fraction of sp³-hybridized carbons (Fsp3) is 0.549. The number of fused-ring (bicyclic) bond motifs is 1. The quantitative estimate of drug-likeness (QED) is 0.0179. The third-order valence-electron chi connectivity index (χ3n) is 17.9. The number of hydrogen-bond acceptors (Lipinski definition) is 26. The van der Waals surface area contributed by atoms with Gasteiger partial charge in [0.25, 0.3) is 0 Å². The molecule has 4 aromatic carbocycles. The van der Waals surface area contributed by atoms with Crippen LogP contribution in [0.1, 0.15) is 75.1 Å². The van der Waals surface area contributed by atoms with E-state index in [0.29, 0.717) is 29.6 Å². The van der Waals surface area contributed by atoms with Crippen LogP contribution in [0.15, 0.2) is 121 Å². The molecule has 1 saturated carbocycles. The highest BCUT2D eigenvalue weighted by Crippen LogP contribution is 2.43. The number of carboxylic acids is 3. The lowest BCUT2D eigenvalue weighted by Gasteiger charge is -2.46. The van der Waals surface area contributed by atoms with Gasteiger partial charge in [-0.05, 0) is 65.4 Å². The predicted molar refractivity (Wildman–Crippen MR) is 376 cm³/mol. The molecule has 33 nitrogen and oxygen atoms in total. The Morgan fingerprint density at radius 2 is 0.943 bits per heavy atom. The molecule has 35 heteroatoms. The Balaban J connectivity index is 0.000000872. The van der Waals surface area contributed by atoms with Crippen LogP contribution in [-0.2, 0) is 97.7 Å². The Morgan fingerprint density at radius 1 is 0.519 bits per heavy atom. The van der Waals surface area contributed by atoms with Crippen LogP contribution in [-0.4, -0.2) is 249 Å². The number of Topliss-reactive ketones (excluding diaryl/α,β-unsaturated/α-hetero) is 1. The molecule has 15 N–H and O–H groups in total. The van der Waals surface area contributed by atoms with E-state index in [9.17, 15) is 69.0 Å². The molecule has 586 valence electrons. The van der Waals surface area contributed by atoms with E-state index in [1.165, 1.54) is 0 Å². The molecule has 4 heterocycles. The van der Waals surface area contributed by atoms with Crippen molar-refractivity contribution in [1.82, 2.24) is 21.3 Å². The number of aliphatic hydroxyl groups excluding tert-OH is 6. The summed E-state index contributed by atoms with van der Waals surface area (Å²) in [5.41, 5.74) is 8.90.